The van der Waals surface area contributed by atoms with Crippen LogP contribution in [0.3, 0.4) is 0 Å². The van der Waals surface area contributed by atoms with Gasteiger partial charge in [0.05, 0.1) is 6.04 Å². The van der Waals surface area contributed by atoms with Crippen molar-refractivity contribution in [1.29, 1.82) is 0 Å². The molecule has 0 aliphatic carbocycles. The van der Waals surface area contributed by atoms with Gasteiger partial charge in [-0.25, -0.2) is 0 Å². The van der Waals surface area contributed by atoms with Gasteiger partial charge < -0.3 is 4.52 Å². The fourth-order valence-electron chi connectivity index (χ4n) is 2.87. The Morgan fingerprint density at radius 2 is 1.91 bits per heavy atom. The van der Waals surface area contributed by atoms with Crippen molar-refractivity contribution < 1.29 is 4.52 Å². The lowest BCUT2D eigenvalue weighted by Gasteiger charge is -2.36. The largest absolute Gasteiger partial charge is 0.338 e. The second-order valence-electron chi connectivity index (χ2n) is 6.01. The number of benzene rings is 1. The monoisotopic (exact) mass is 312 g/mol. The molecule has 1 saturated heterocycles. The molecule has 1 fully saturated rings. The van der Waals surface area contributed by atoms with Crippen molar-refractivity contribution in [3.63, 3.8) is 0 Å². The maximum absolute atomic E-state index is 5.29. The van der Waals surface area contributed by atoms with Crippen LogP contribution in [-0.2, 0) is 0 Å². The molecule has 1 aromatic heterocycles. The Morgan fingerprint density at radius 3 is 2.57 bits per heavy atom. The van der Waals surface area contributed by atoms with Gasteiger partial charge in [-0.15, -0.1) is 0 Å². The first-order valence-corrected chi connectivity index (χ1v) is 8.20. The van der Waals surface area contributed by atoms with E-state index in [1.807, 2.05) is 13.0 Å². The third-order valence-corrected chi connectivity index (χ3v) is 4.33. The quantitative estimate of drug-likeness (QED) is 0.849. The van der Waals surface area contributed by atoms with Crippen LogP contribution in [0.5, 0.6) is 0 Å². The zero-order chi connectivity index (χ0) is 16.1. The number of aromatic nitrogens is 2. The first-order valence-electron chi connectivity index (χ1n) is 8.20. The Labute approximate surface area is 137 Å². The van der Waals surface area contributed by atoms with Crippen LogP contribution in [-0.4, -0.2) is 52.7 Å². The van der Waals surface area contributed by atoms with Gasteiger partial charge in [-0.05, 0) is 19.4 Å². The average Bonchev–Trinajstić information content (AvgIpc) is 3.02. The molecule has 0 amide bonds. The number of nitrogens with zero attached hydrogens (tertiary/aromatic N) is 4. The predicted octanol–water partition coefficient (Wildman–Crippen LogP) is 2.77. The Morgan fingerprint density at radius 1 is 1.17 bits per heavy atom. The highest BCUT2D eigenvalue weighted by Crippen LogP contribution is 2.19. The van der Waals surface area contributed by atoms with Crippen LogP contribution in [0.25, 0.3) is 6.08 Å². The van der Waals surface area contributed by atoms with Crippen LogP contribution in [0, 0.1) is 6.92 Å². The fraction of sp³-hybridized carbons (Fsp3) is 0.444. The number of hydrogen-bond acceptors (Lipinski definition) is 5. The molecule has 1 atom stereocenters. The first kappa shape index (κ1) is 15.9. The summed E-state index contributed by atoms with van der Waals surface area (Å²) in [6.45, 7) is 9.18. The Balaban J connectivity index is 1.46. The molecular weight excluding hydrogens is 288 g/mol. The molecule has 2 aromatic rings. The van der Waals surface area contributed by atoms with Gasteiger partial charge in [0.2, 0.25) is 5.89 Å². The molecule has 0 N–H and O–H groups in total. The van der Waals surface area contributed by atoms with E-state index in [4.69, 9.17) is 4.52 Å². The molecule has 1 aliphatic heterocycles. The van der Waals surface area contributed by atoms with Gasteiger partial charge in [0.1, 0.15) is 0 Å². The van der Waals surface area contributed by atoms with Crippen LogP contribution in [0.1, 0.15) is 30.2 Å². The summed E-state index contributed by atoms with van der Waals surface area (Å²) >= 11 is 0. The lowest BCUT2D eigenvalue weighted by Crippen LogP contribution is -2.47. The van der Waals surface area contributed by atoms with E-state index in [9.17, 15) is 0 Å². The minimum Gasteiger partial charge on any atom is -0.338 e. The highest BCUT2D eigenvalue weighted by Gasteiger charge is 2.24. The van der Waals surface area contributed by atoms with Crippen LogP contribution >= 0.6 is 0 Å². The SMILES string of the molecule is Cc1noc([C@@H](C)N2CCN(C/C=C/c3ccccc3)CC2)n1. The summed E-state index contributed by atoms with van der Waals surface area (Å²) in [4.78, 5) is 9.22. The van der Waals surface area contributed by atoms with Crippen LogP contribution in [0.15, 0.2) is 40.9 Å². The van der Waals surface area contributed by atoms with Crippen molar-refractivity contribution >= 4 is 6.08 Å². The van der Waals surface area contributed by atoms with E-state index in [0.717, 1.165) is 38.6 Å². The minimum atomic E-state index is 0.193. The Bertz CT molecular complexity index is 629. The van der Waals surface area contributed by atoms with E-state index >= 15 is 0 Å². The van der Waals surface area contributed by atoms with Crippen molar-refractivity contribution in [3.05, 3.63) is 53.7 Å². The van der Waals surface area contributed by atoms with E-state index < -0.39 is 0 Å². The molecule has 3 rings (SSSR count). The van der Waals surface area contributed by atoms with E-state index in [1.165, 1.54) is 5.56 Å². The zero-order valence-electron chi connectivity index (χ0n) is 13.9. The zero-order valence-corrected chi connectivity index (χ0v) is 13.9. The maximum atomic E-state index is 5.29. The lowest BCUT2D eigenvalue weighted by atomic mass is 10.2. The normalized spacial score (nSPS) is 18.5. The van der Waals surface area contributed by atoms with Crippen molar-refractivity contribution in [3.8, 4) is 0 Å². The summed E-state index contributed by atoms with van der Waals surface area (Å²) < 4.78 is 5.29. The fourth-order valence-corrected chi connectivity index (χ4v) is 2.87. The van der Waals surface area contributed by atoms with Crippen molar-refractivity contribution in [2.45, 2.75) is 19.9 Å². The summed E-state index contributed by atoms with van der Waals surface area (Å²) in [6.07, 6.45) is 4.44. The topological polar surface area (TPSA) is 45.4 Å². The van der Waals surface area contributed by atoms with Gasteiger partial charge >= 0.3 is 0 Å². The molecule has 0 saturated carbocycles. The van der Waals surface area contributed by atoms with E-state index in [-0.39, 0.29) is 6.04 Å². The van der Waals surface area contributed by atoms with Crippen molar-refractivity contribution in [1.82, 2.24) is 19.9 Å². The predicted molar refractivity (Wildman–Crippen MR) is 90.9 cm³/mol. The highest BCUT2D eigenvalue weighted by atomic mass is 16.5. The molecule has 1 aromatic carbocycles. The maximum Gasteiger partial charge on any atom is 0.243 e. The lowest BCUT2D eigenvalue weighted by molar-refractivity contribution is 0.0947. The Hall–Kier alpha value is -1.98. The molecular formula is C18H24N4O. The summed E-state index contributed by atoms with van der Waals surface area (Å²) in [5.74, 6) is 1.43. The number of aryl methyl sites for hydroxylation is 1. The minimum absolute atomic E-state index is 0.193. The van der Waals surface area contributed by atoms with E-state index in [0.29, 0.717) is 5.82 Å². The van der Waals surface area contributed by atoms with Gasteiger partial charge in [-0.2, -0.15) is 4.98 Å². The molecule has 0 radical (unpaired) electrons. The number of rotatable bonds is 5. The molecule has 2 heterocycles. The van der Waals surface area contributed by atoms with Crippen molar-refractivity contribution in [2.75, 3.05) is 32.7 Å². The van der Waals surface area contributed by atoms with Gasteiger partial charge in [0.15, 0.2) is 5.82 Å². The van der Waals surface area contributed by atoms with Crippen LogP contribution < -0.4 is 0 Å². The molecule has 0 spiro atoms. The number of hydrogen-bond donors (Lipinski definition) is 0. The average molecular weight is 312 g/mol. The Kier molecular flexibility index (Phi) is 5.20. The van der Waals surface area contributed by atoms with E-state index in [1.54, 1.807) is 0 Å². The molecule has 0 unspecified atom stereocenters. The molecule has 0 bridgehead atoms. The second-order valence-corrected chi connectivity index (χ2v) is 6.01. The van der Waals surface area contributed by atoms with Gasteiger partial charge in [0.25, 0.3) is 0 Å². The summed E-state index contributed by atoms with van der Waals surface area (Å²) in [6, 6.07) is 10.6. The standard InChI is InChI=1S/C18H24N4O/c1-15(18-19-16(2)20-23-18)22-13-11-21(12-14-22)10-6-9-17-7-4-3-5-8-17/h3-9,15H,10-14H2,1-2H3/b9-6+/t15-/m1/s1. The highest BCUT2D eigenvalue weighted by molar-refractivity contribution is 5.48. The molecule has 1 aliphatic rings. The van der Waals surface area contributed by atoms with Gasteiger partial charge in [0, 0.05) is 32.7 Å². The molecule has 5 nitrogen and oxygen atoms in total. The molecule has 23 heavy (non-hydrogen) atoms. The summed E-state index contributed by atoms with van der Waals surface area (Å²) in [5, 5.41) is 3.88. The first-order chi connectivity index (χ1) is 11.2. The third-order valence-electron chi connectivity index (χ3n) is 4.33. The van der Waals surface area contributed by atoms with E-state index in [2.05, 4.69) is 63.3 Å². The van der Waals surface area contributed by atoms with Gasteiger partial charge in [-0.3, -0.25) is 9.80 Å². The van der Waals surface area contributed by atoms with Crippen LogP contribution in [0.4, 0.5) is 0 Å². The third kappa shape index (κ3) is 4.27. The van der Waals surface area contributed by atoms with Crippen molar-refractivity contribution in [2.24, 2.45) is 0 Å². The molecule has 5 heteroatoms. The van der Waals surface area contributed by atoms with Crippen LogP contribution in [0.2, 0.25) is 0 Å². The summed E-state index contributed by atoms with van der Waals surface area (Å²) in [7, 11) is 0. The number of piperazine rings is 1. The summed E-state index contributed by atoms with van der Waals surface area (Å²) in [5.41, 5.74) is 1.26. The smallest absolute Gasteiger partial charge is 0.243 e. The van der Waals surface area contributed by atoms with Gasteiger partial charge in [-0.1, -0.05) is 47.6 Å². The second kappa shape index (κ2) is 7.53. The molecule has 122 valence electrons.